The first-order valence-electron chi connectivity index (χ1n) is 8.83. The maximum Gasteiger partial charge on any atom is 0.204 e. The summed E-state index contributed by atoms with van der Waals surface area (Å²) in [5, 5.41) is 0. The first-order chi connectivity index (χ1) is 13.2. The van der Waals surface area contributed by atoms with Gasteiger partial charge >= 0.3 is 0 Å². The Balaban J connectivity index is 1.78. The van der Waals surface area contributed by atoms with Crippen LogP contribution in [0.5, 0.6) is 5.75 Å². The molecule has 132 valence electrons. The SMILES string of the molecule is O=C1CC(C(=O)C=Cc2ccccc2)(c2ccccc2)Oc2ccccc21. The molecule has 3 aromatic carbocycles. The fourth-order valence-corrected chi connectivity index (χ4v) is 3.35. The van der Waals surface area contributed by atoms with Crippen LogP contribution in [0, 0.1) is 0 Å². The van der Waals surface area contributed by atoms with Gasteiger partial charge in [0.05, 0.1) is 12.0 Å². The summed E-state index contributed by atoms with van der Waals surface area (Å²) in [6.07, 6.45) is 3.23. The van der Waals surface area contributed by atoms with E-state index < -0.39 is 5.60 Å². The molecule has 0 radical (unpaired) electrons. The highest BCUT2D eigenvalue weighted by atomic mass is 16.5. The number of rotatable bonds is 4. The highest BCUT2D eigenvalue weighted by Gasteiger charge is 2.47. The molecule has 0 N–H and O–H groups in total. The Hall–Kier alpha value is -3.46. The summed E-state index contributed by atoms with van der Waals surface area (Å²) >= 11 is 0. The molecule has 0 fully saturated rings. The van der Waals surface area contributed by atoms with E-state index in [4.69, 9.17) is 4.74 Å². The molecular weight excluding hydrogens is 336 g/mol. The quantitative estimate of drug-likeness (QED) is 0.630. The molecule has 27 heavy (non-hydrogen) atoms. The minimum Gasteiger partial charge on any atom is -0.473 e. The van der Waals surface area contributed by atoms with Crippen molar-refractivity contribution < 1.29 is 14.3 Å². The molecule has 1 atom stereocenters. The van der Waals surface area contributed by atoms with Gasteiger partial charge in [0, 0.05) is 5.56 Å². The monoisotopic (exact) mass is 354 g/mol. The molecule has 3 nitrogen and oxygen atoms in total. The van der Waals surface area contributed by atoms with Gasteiger partial charge in [-0.15, -0.1) is 0 Å². The van der Waals surface area contributed by atoms with E-state index in [1.54, 1.807) is 30.3 Å². The number of ketones is 2. The summed E-state index contributed by atoms with van der Waals surface area (Å²) in [6, 6.07) is 25.9. The number of Topliss-reactive ketones (excluding diaryl/α,β-unsaturated/α-hetero) is 1. The van der Waals surface area contributed by atoms with E-state index in [1.165, 1.54) is 6.08 Å². The van der Waals surface area contributed by atoms with E-state index in [9.17, 15) is 9.59 Å². The number of para-hydroxylation sites is 1. The minimum atomic E-state index is -1.35. The Morgan fingerprint density at radius 1 is 0.852 bits per heavy atom. The molecule has 0 amide bonds. The lowest BCUT2D eigenvalue weighted by Gasteiger charge is -2.36. The summed E-state index contributed by atoms with van der Waals surface area (Å²) in [7, 11) is 0. The lowest BCUT2D eigenvalue weighted by atomic mass is 9.80. The Morgan fingerprint density at radius 2 is 1.48 bits per heavy atom. The average Bonchev–Trinajstić information content (AvgIpc) is 2.73. The Kier molecular flexibility index (Phi) is 4.43. The highest BCUT2D eigenvalue weighted by Crippen LogP contribution is 2.40. The van der Waals surface area contributed by atoms with Crippen LogP contribution in [-0.2, 0) is 10.4 Å². The van der Waals surface area contributed by atoms with Crippen molar-refractivity contribution in [3.8, 4) is 5.75 Å². The second-order valence-electron chi connectivity index (χ2n) is 6.50. The van der Waals surface area contributed by atoms with E-state index in [-0.39, 0.29) is 18.0 Å². The molecule has 0 aliphatic carbocycles. The van der Waals surface area contributed by atoms with Gasteiger partial charge in [-0.2, -0.15) is 0 Å². The van der Waals surface area contributed by atoms with Crippen LogP contribution in [0.25, 0.3) is 6.08 Å². The minimum absolute atomic E-state index is 0.0218. The van der Waals surface area contributed by atoms with Crippen LogP contribution in [0.15, 0.2) is 91.0 Å². The standard InChI is InChI=1S/C24H18O3/c25-21-17-24(19-11-5-2-6-12-19,27-22-14-8-7-13-20(21)22)23(26)16-15-18-9-3-1-4-10-18/h1-16H,17H2. The first kappa shape index (κ1) is 17.0. The summed E-state index contributed by atoms with van der Waals surface area (Å²) in [5.41, 5.74) is 0.758. The van der Waals surface area contributed by atoms with Gasteiger partial charge < -0.3 is 4.74 Å². The van der Waals surface area contributed by atoms with Crippen LogP contribution in [0.1, 0.15) is 27.9 Å². The summed E-state index contributed by atoms with van der Waals surface area (Å²) in [4.78, 5) is 26.1. The van der Waals surface area contributed by atoms with Gasteiger partial charge in [0.25, 0.3) is 0 Å². The zero-order valence-electron chi connectivity index (χ0n) is 14.7. The molecule has 0 bridgehead atoms. The highest BCUT2D eigenvalue weighted by molar-refractivity contribution is 6.09. The number of carbonyl (C=O) groups excluding carboxylic acids is 2. The number of benzene rings is 3. The smallest absolute Gasteiger partial charge is 0.204 e. The zero-order valence-corrected chi connectivity index (χ0v) is 14.7. The molecule has 1 unspecified atom stereocenters. The van der Waals surface area contributed by atoms with E-state index in [2.05, 4.69) is 0 Å². The van der Waals surface area contributed by atoms with Crippen molar-refractivity contribution >= 4 is 17.6 Å². The molecule has 0 spiro atoms. The lowest BCUT2D eigenvalue weighted by molar-refractivity contribution is -0.130. The topological polar surface area (TPSA) is 43.4 Å². The molecular formula is C24H18O3. The van der Waals surface area contributed by atoms with Crippen molar-refractivity contribution in [2.45, 2.75) is 12.0 Å². The molecule has 0 saturated carbocycles. The van der Waals surface area contributed by atoms with Crippen molar-refractivity contribution in [2.24, 2.45) is 0 Å². The molecule has 1 aliphatic rings. The Morgan fingerprint density at radius 3 is 2.22 bits per heavy atom. The van der Waals surface area contributed by atoms with E-state index in [1.807, 2.05) is 60.7 Å². The molecule has 3 aromatic rings. The predicted molar refractivity (Wildman–Crippen MR) is 105 cm³/mol. The van der Waals surface area contributed by atoms with E-state index in [0.29, 0.717) is 16.9 Å². The van der Waals surface area contributed by atoms with Crippen molar-refractivity contribution in [1.29, 1.82) is 0 Å². The molecule has 0 saturated heterocycles. The van der Waals surface area contributed by atoms with Crippen LogP contribution in [0.4, 0.5) is 0 Å². The number of fused-ring (bicyclic) bond motifs is 1. The van der Waals surface area contributed by atoms with Gasteiger partial charge in [-0.05, 0) is 23.8 Å². The predicted octanol–water partition coefficient (Wildman–Crippen LogP) is 4.83. The van der Waals surface area contributed by atoms with Gasteiger partial charge in [-0.1, -0.05) is 78.9 Å². The van der Waals surface area contributed by atoms with Crippen molar-refractivity contribution in [2.75, 3.05) is 0 Å². The van der Waals surface area contributed by atoms with E-state index in [0.717, 1.165) is 5.56 Å². The Bertz CT molecular complexity index is 1010. The molecule has 1 aliphatic heterocycles. The zero-order chi connectivity index (χ0) is 18.7. The van der Waals surface area contributed by atoms with Crippen LogP contribution >= 0.6 is 0 Å². The van der Waals surface area contributed by atoms with Gasteiger partial charge in [-0.25, -0.2) is 0 Å². The van der Waals surface area contributed by atoms with E-state index >= 15 is 0 Å². The molecule has 0 aromatic heterocycles. The summed E-state index contributed by atoms with van der Waals surface area (Å²) in [5.74, 6) is 0.0987. The van der Waals surface area contributed by atoms with Gasteiger partial charge in [0.2, 0.25) is 11.4 Å². The summed E-state index contributed by atoms with van der Waals surface area (Å²) < 4.78 is 6.20. The summed E-state index contributed by atoms with van der Waals surface area (Å²) in [6.45, 7) is 0. The largest absolute Gasteiger partial charge is 0.473 e. The fourth-order valence-electron chi connectivity index (χ4n) is 3.35. The fraction of sp³-hybridized carbons (Fsp3) is 0.0833. The number of hydrogen-bond acceptors (Lipinski definition) is 3. The number of carbonyl (C=O) groups is 2. The second-order valence-corrected chi connectivity index (χ2v) is 6.50. The van der Waals surface area contributed by atoms with Gasteiger partial charge in [0.15, 0.2) is 5.78 Å². The maximum absolute atomic E-state index is 13.3. The van der Waals surface area contributed by atoms with Crippen LogP contribution in [0.2, 0.25) is 0 Å². The molecule has 3 heteroatoms. The first-order valence-corrected chi connectivity index (χ1v) is 8.83. The number of ether oxygens (including phenoxy) is 1. The third-order valence-electron chi connectivity index (χ3n) is 4.75. The molecule has 4 rings (SSSR count). The third-order valence-corrected chi connectivity index (χ3v) is 4.75. The van der Waals surface area contributed by atoms with Crippen LogP contribution < -0.4 is 4.74 Å². The Labute approximate surface area is 157 Å². The van der Waals surface area contributed by atoms with Crippen LogP contribution in [-0.4, -0.2) is 11.6 Å². The third kappa shape index (κ3) is 3.20. The van der Waals surface area contributed by atoms with Gasteiger partial charge in [0.1, 0.15) is 5.75 Å². The van der Waals surface area contributed by atoms with Crippen molar-refractivity contribution in [1.82, 2.24) is 0 Å². The van der Waals surface area contributed by atoms with Crippen molar-refractivity contribution in [3.05, 3.63) is 108 Å². The maximum atomic E-state index is 13.3. The average molecular weight is 354 g/mol. The van der Waals surface area contributed by atoms with Crippen LogP contribution in [0.3, 0.4) is 0 Å². The number of hydrogen-bond donors (Lipinski definition) is 0. The van der Waals surface area contributed by atoms with Crippen molar-refractivity contribution in [3.63, 3.8) is 0 Å². The van der Waals surface area contributed by atoms with Gasteiger partial charge in [-0.3, -0.25) is 9.59 Å². The lowest BCUT2D eigenvalue weighted by Crippen LogP contribution is -2.45. The normalized spacial score (nSPS) is 18.7. The molecule has 1 heterocycles. The second kappa shape index (κ2) is 7.04.